The zero-order chi connectivity index (χ0) is 15.3. The Morgan fingerprint density at radius 1 is 1.20 bits per heavy atom. The van der Waals surface area contributed by atoms with Crippen molar-refractivity contribution in [2.45, 2.75) is 39.2 Å². The Balaban J connectivity index is 2.48. The number of amides is 1. The Hall–Kier alpha value is -1.98. The van der Waals surface area contributed by atoms with Crippen LogP contribution in [-0.2, 0) is 14.3 Å². The van der Waals surface area contributed by atoms with E-state index in [-0.39, 0.29) is 18.5 Å². The van der Waals surface area contributed by atoms with Gasteiger partial charge in [-0.05, 0) is 32.9 Å². The normalized spacial score (nSPS) is 11.1. The van der Waals surface area contributed by atoms with Gasteiger partial charge in [0.15, 0.2) is 0 Å². The third-order valence-corrected chi connectivity index (χ3v) is 2.18. The topological polar surface area (TPSA) is 55.4 Å². The molecule has 110 valence electrons. The van der Waals surface area contributed by atoms with Gasteiger partial charge in [0.2, 0.25) is 5.91 Å². The number of nitrogens with one attached hydrogen (secondary N) is 1. The predicted octanol–water partition coefficient (Wildman–Crippen LogP) is 3.03. The van der Waals surface area contributed by atoms with Crippen molar-refractivity contribution in [3.8, 4) is 0 Å². The van der Waals surface area contributed by atoms with Gasteiger partial charge >= 0.3 is 5.97 Å². The highest BCUT2D eigenvalue weighted by atomic mass is 19.1. The maximum atomic E-state index is 13.3. The van der Waals surface area contributed by atoms with Gasteiger partial charge in [0.1, 0.15) is 17.2 Å². The van der Waals surface area contributed by atoms with E-state index in [0.717, 1.165) is 18.2 Å². The van der Waals surface area contributed by atoms with Crippen LogP contribution in [0.2, 0.25) is 0 Å². The molecule has 1 amide bonds. The molecule has 0 saturated heterocycles. The number of ether oxygens (including phenoxy) is 1. The highest BCUT2D eigenvalue weighted by molar-refractivity contribution is 5.92. The number of hydrogen-bond acceptors (Lipinski definition) is 3. The number of anilines is 1. The van der Waals surface area contributed by atoms with E-state index in [1.807, 2.05) is 0 Å². The van der Waals surface area contributed by atoms with Crippen LogP contribution in [0.3, 0.4) is 0 Å². The van der Waals surface area contributed by atoms with Crippen molar-refractivity contribution in [2.24, 2.45) is 0 Å². The van der Waals surface area contributed by atoms with E-state index in [1.165, 1.54) is 0 Å². The second-order valence-electron chi connectivity index (χ2n) is 5.26. The summed E-state index contributed by atoms with van der Waals surface area (Å²) in [5.41, 5.74) is -0.874. The summed E-state index contributed by atoms with van der Waals surface area (Å²) in [6, 6.07) is 2.74. The van der Waals surface area contributed by atoms with Crippen molar-refractivity contribution in [1.82, 2.24) is 0 Å². The average molecular weight is 285 g/mol. The third kappa shape index (κ3) is 5.77. The minimum absolute atomic E-state index is 0.125. The van der Waals surface area contributed by atoms with Crippen LogP contribution in [0.15, 0.2) is 18.2 Å². The van der Waals surface area contributed by atoms with Gasteiger partial charge < -0.3 is 10.1 Å². The number of benzene rings is 1. The van der Waals surface area contributed by atoms with Crippen LogP contribution in [0, 0.1) is 11.6 Å². The zero-order valence-electron chi connectivity index (χ0n) is 11.6. The Morgan fingerprint density at radius 2 is 1.85 bits per heavy atom. The maximum Gasteiger partial charge on any atom is 0.306 e. The molecule has 1 rings (SSSR count). The summed E-state index contributed by atoms with van der Waals surface area (Å²) in [5, 5.41) is 2.21. The zero-order valence-corrected chi connectivity index (χ0v) is 11.6. The first-order chi connectivity index (χ1) is 9.17. The third-order valence-electron chi connectivity index (χ3n) is 2.18. The molecule has 0 atom stereocenters. The molecule has 0 aliphatic heterocycles. The fraction of sp³-hybridized carbons (Fsp3) is 0.429. The first-order valence-electron chi connectivity index (χ1n) is 6.14. The summed E-state index contributed by atoms with van der Waals surface area (Å²) in [7, 11) is 0. The smallest absolute Gasteiger partial charge is 0.306 e. The van der Waals surface area contributed by atoms with Crippen LogP contribution >= 0.6 is 0 Å². The minimum Gasteiger partial charge on any atom is -0.460 e. The molecule has 4 nitrogen and oxygen atoms in total. The van der Waals surface area contributed by atoms with Gasteiger partial charge in [0, 0.05) is 12.5 Å². The number of halogens is 2. The van der Waals surface area contributed by atoms with Crippen molar-refractivity contribution >= 4 is 17.6 Å². The van der Waals surface area contributed by atoms with Crippen molar-refractivity contribution < 1.29 is 23.1 Å². The summed E-state index contributed by atoms with van der Waals surface area (Å²) in [6.07, 6.45) is -0.287. The van der Waals surface area contributed by atoms with Crippen LogP contribution in [0.4, 0.5) is 14.5 Å². The number of rotatable bonds is 4. The largest absolute Gasteiger partial charge is 0.460 e. The molecule has 0 spiro atoms. The van der Waals surface area contributed by atoms with E-state index in [1.54, 1.807) is 20.8 Å². The van der Waals surface area contributed by atoms with Crippen LogP contribution in [0.5, 0.6) is 0 Å². The molecular weight excluding hydrogens is 268 g/mol. The number of hydrogen-bond donors (Lipinski definition) is 1. The molecular formula is C14H17F2NO3. The van der Waals surface area contributed by atoms with E-state index in [4.69, 9.17) is 4.74 Å². The Bertz CT molecular complexity index is 510. The molecule has 0 fully saturated rings. The predicted molar refractivity (Wildman–Crippen MR) is 70.1 cm³/mol. The van der Waals surface area contributed by atoms with Crippen molar-refractivity contribution in [3.05, 3.63) is 29.8 Å². The molecule has 0 aliphatic rings. The monoisotopic (exact) mass is 285 g/mol. The average Bonchev–Trinajstić information content (AvgIpc) is 2.29. The van der Waals surface area contributed by atoms with Gasteiger partial charge in [0.05, 0.1) is 12.1 Å². The van der Waals surface area contributed by atoms with Crippen molar-refractivity contribution in [3.63, 3.8) is 0 Å². The van der Waals surface area contributed by atoms with Gasteiger partial charge in [-0.25, -0.2) is 8.78 Å². The summed E-state index contributed by atoms with van der Waals surface area (Å²) in [5.74, 6) is -2.50. The van der Waals surface area contributed by atoms with E-state index < -0.39 is 29.1 Å². The first-order valence-corrected chi connectivity index (χ1v) is 6.14. The Morgan fingerprint density at radius 3 is 2.45 bits per heavy atom. The molecule has 1 N–H and O–H groups in total. The Labute approximate surface area is 116 Å². The van der Waals surface area contributed by atoms with Crippen molar-refractivity contribution in [2.75, 3.05) is 5.32 Å². The number of esters is 1. The second kappa shape index (κ2) is 6.45. The molecule has 1 aromatic carbocycles. The molecule has 6 heteroatoms. The summed E-state index contributed by atoms with van der Waals surface area (Å²) < 4.78 is 31.2. The van der Waals surface area contributed by atoms with E-state index >= 15 is 0 Å². The van der Waals surface area contributed by atoms with Gasteiger partial charge in [-0.2, -0.15) is 0 Å². The number of carbonyl (C=O) groups excluding carboxylic acids is 2. The van der Waals surface area contributed by atoms with Crippen LogP contribution in [-0.4, -0.2) is 17.5 Å². The molecule has 0 heterocycles. The minimum atomic E-state index is -0.739. The maximum absolute atomic E-state index is 13.3. The lowest BCUT2D eigenvalue weighted by Gasteiger charge is -2.19. The van der Waals surface area contributed by atoms with Crippen LogP contribution < -0.4 is 5.32 Å². The van der Waals surface area contributed by atoms with E-state index in [9.17, 15) is 18.4 Å². The molecule has 0 radical (unpaired) electrons. The lowest BCUT2D eigenvalue weighted by atomic mass is 10.2. The summed E-state index contributed by atoms with van der Waals surface area (Å²) in [4.78, 5) is 22.9. The van der Waals surface area contributed by atoms with Gasteiger partial charge in [0.25, 0.3) is 0 Å². The van der Waals surface area contributed by atoms with E-state index in [0.29, 0.717) is 0 Å². The van der Waals surface area contributed by atoms with Gasteiger partial charge in [-0.15, -0.1) is 0 Å². The SMILES string of the molecule is CC(C)(C)OC(=O)CCC(=O)Nc1cc(F)ccc1F. The lowest BCUT2D eigenvalue weighted by molar-refractivity contribution is -0.155. The fourth-order valence-electron chi connectivity index (χ4n) is 1.41. The molecule has 0 bridgehead atoms. The van der Waals surface area contributed by atoms with Gasteiger partial charge in [-0.3, -0.25) is 9.59 Å². The summed E-state index contributed by atoms with van der Waals surface area (Å²) in [6.45, 7) is 5.15. The highest BCUT2D eigenvalue weighted by Crippen LogP contribution is 2.16. The number of carbonyl (C=O) groups is 2. The standard InChI is InChI=1S/C14H17F2NO3/c1-14(2,3)20-13(19)7-6-12(18)17-11-8-9(15)4-5-10(11)16/h4-5,8H,6-7H2,1-3H3,(H,17,18). The van der Waals surface area contributed by atoms with Crippen LogP contribution in [0.1, 0.15) is 33.6 Å². The highest BCUT2D eigenvalue weighted by Gasteiger charge is 2.17. The van der Waals surface area contributed by atoms with Crippen molar-refractivity contribution in [1.29, 1.82) is 0 Å². The molecule has 0 saturated carbocycles. The lowest BCUT2D eigenvalue weighted by Crippen LogP contribution is -2.24. The quantitative estimate of drug-likeness (QED) is 0.865. The fourth-order valence-corrected chi connectivity index (χ4v) is 1.41. The molecule has 20 heavy (non-hydrogen) atoms. The summed E-state index contributed by atoms with van der Waals surface area (Å²) >= 11 is 0. The van der Waals surface area contributed by atoms with Gasteiger partial charge in [-0.1, -0.05) is 0 Å². The molecule has 1 aromatic rings. The second-order valence-corrected chi connectivity index (χ2v) is 5.26. The van der Waals surface area contributed by atoms with E-state index in [2.05, 4.69) is 5.32 Å². The molecule has 0 aliphatic carbocycles. The van der Waals surface area contributed by atoms with Crippen LogP contribution in [0.25, 0.3) is 0 Å². The first kappa shape index (κ1) is 16.1. The Kier molecular flexibility index (Phi) is 5.19. The molecule has 0 unspecified atom stereocenters. The molecule has 0 aromatic heterocycles.